The maximum atomic E-state index is 12.3. The van der Waals surface area contributed by atoms with Crippen LogP contribution in [0.15, 0.2) is 18.2 Å². The lowest BCUT2D eigenvalue weighted by Crippen LogP contribution is -2.42. The van der Waals surface area contributed by atoms with E-state index in [1.807, 2.05) is 50.6 Å². The molecule has 0 aliphatic rings. The van der Waals surface area contributed by atoms with Crippen LogP contribution in [0.5, 0.6) is 0 Å². The van der Waals surface area contributed by atoms with Crippen LogP contribution in [0.2, 0.25) is 0 Å². The van der Waals surface area contributed by atoms with Crippen LogP contribution in [0.3, 0.4) is 0 Å². The van der Waals surface area contributed by atoms with E-state index in [-0.39, 0.29) is 11.8 Å². The second kappa shape index (κ2) is 17.8. The third-order valence-corrected chi connectivity index (χ3v) is 6.26. The second-order valence-corrected chi connectivity index (χ2v) is 10.5. The molecule has 8 heteroatoms. The molecule has 1 rings (SSSR count). The van der Waals surface area contributed by atoms with Gasteiger partial charge in [-0.15, -0.1) is 0 Å². The molecule has 7 nitrogen and oxygen atoms in total. The first-order valence-corrected chi connectivity index (χ1v) is 14.0. The molecule has 0 saturated carbocycles. The Morgan fingerprint density at radius 3 is 1.85 bits per heavy atom. The average Bonchev–Trinajstić information content (AvgIpc) is 2.73. The van der Waals surface area contributed by atoms with E-state index < -0.39 is 16.2 Å². The van der Waals surface area contributed by atoms with Crippen molar-refractivity contribution in [2.75, 3.05) is 18.4 Å². The lowest BCUT2D eigenvalue weighted by molar-refractivity contribution is 0.256. The third kappa shape index (κ3) is 14.3. The Bertz CT molecular complexity index is 735. The number of amides is 2. The number of carbonyl (C=O) groups excluding carboxylic acids is 1. The Balaban J connectivity index is 0.00000126. The topological polar surface area (TPSA) is 113 Å². The number of urea groups is 1. The van der Waals surface area contributed by atoms with Crippen LogP contribution in [0.25, 0.3) is 0 Å². The highest BCUT2D eigenvalue weighted by Gasteiger charge is 2.19. The van der Waals surface area contributed by atoms with Gasteiger partial charge in [-0.25, -0.2) is 9.52 Å². The molecule has 0 spiro atoms. The fourth-order valence-corrected chi connectivity index (χ4v) is 4.10. The Labute approximate surface area is 202 Å². The van der Waals surface area contributed by atoms with E-state index in [4.69, 9.17) is 5.73 Å². The monoisotopic (exact) mass is 484 g/mol. The Kier molecular flexibility index (Phi) is 16.9. The number of hydrogen-bond donors (Lipinski definition) is 4. The van der Waals surface area contributed by atoms with E-state index in [0.717, 1.165) is 43.4 Å². The van der Waals surface area contributed by atoms with Gasteiger partial charge in [0.1, 0.15) is 0 Å². The molecule has 0 unspecified atom stereocenters. The molecular formula is C25H48N4O3S. The van der Waals surface area contributed by atoms with Crippen molar-refractivity contribution in [2.24, 2.45) is 5.73 Å². The standard InChI is InChI=1S/C19H33N3O3S.C6H15N/c1-6-7-8-9-13-20-26(24,25)22-19(23)21-18-16(14(2)3)11-10-12-17(18)15(4)5;1-2-3-4-5-6-7/h10-12,14-15,20H,6-9,13H2,1-5H3,(H2,21,22,23);2-7H2,1H3. The molecule has 0 fully saturated rings. The summed E-state index contributed by atoms with van der Waals surface area (Å²) in [6.45, 7) is 13.6. The largest absolute Gasteiger partial charge is 0.333 e. The lowest BCUT2D eigenvalue weighted by atomic mass is 9.93. The fourth-order valence-electron chi connectivity index (χ4n) is 3.32. The van der Waals surface area contributed by atoms with E-state index in [1.54, 1.807) is 0 Å². The van der Waals surface area contributed by atoms with Gasteiger partial charge in [0.25, 0.3) is 0 Å². The van der Waals surface area contributed by atoms with Gasteiger partial charge in [-0.3, -0.25) is 0 Å². The number of carbonyl (C=O) groups is 1. The molecule has 2 amide bonds. The van der Waals surface area contributed by atoms with Gasteiger partial charge >= 0.3 is 16.2 Å². The summed E-state index contributed by atoms with van der Waals surface area (Å²) in [4.78, 5) is 12.3. The van der Waals surface area contributed by atoms with Gasteiger partial charge in [0.05, 0.1) is 0 Å². The van der Waals surface area contributed by atoms with Crippen LogP contribution in [-0.2, 0) is 10.2 Å². The summed E-state index contributed by atoms with van der Waals surface area (Å²) in [5, 5.41) is 2.74. The fraction of sp³-hybridized carbons (Fsp3) is 0.720. The number of nitrogens with one attached hydrogen (secondary N) is 3. The third-order valence-electron chi connectivity index (χ3n) is 5.22. The number of benzene rings is 1. The van der Waals surface area contributed by atoms with Gasteiger partial charge < -0.3 is 11.1 Å². The van der Waals surface area contributed by atoms with Crippen molar-refractivity contribution < 1.29 is 13.2 Å². The highest BCUT2D eigenvalue weighted by atomic mass is 32.2. The number of rotatable bonds is 14. The van der Waals surface area contributed by atoms with Crippen molar-refractivity contribution in [1.29, 1.82) is 0 Å². The van der Waals surface area contributed by atoms with Crippen molar-refractivity contribution >= 4 is 21.9 Å². The van der Waals surface area contributed by atoms with Gasteiger partial charge in [0.2, 0.25) is 0 Å². The zero-order valence-electron chi connectivity index (χ0n) is 21.7. The number of nitrogens with two attached hydrogens (primary N) is 1. The maximum absolute atomic E-state index is 12.3. The molecule has 0 aromatic heterocycles. The first kappa shape index (κ1) is 31.4. The summed E-state index contributed by atoms with van der Waals surface area (Å²) < 4.78 is 28.5. The van der Waals surface area contributed by atoms with Crippen molar-refractivity contribution in [1.82, 2.24) is 9.44 Å². The van der Waals surface area contributed by atoms with Crippen molar-refractivity contribution in [3.05, 3.63) is 29.3 Å². The molecule has 0 radical (unpaired) electrons. The van der Waals surface area contributed by atoms with E-state index >= 15 is 0 Å². The zero-order chi connectivity index (χ0) is 25.3. The minimum Gasteiger partial charge on any atom is -0.330 e. The predicted octanol–water partition coefficient (Wildman–Crippen LogP) is 6.00. The number of para-hydroxylation sites is 1. The molecule has 0 saturated heterocycles. The van der Waals surface area contributed by atoms with Crippen molar-refractivity contribution in [2.45, 2.75) is 105 Å². The van der Waals surface area contributed by atoms with E-state index in [9.17, 15) is 13.2 Å². The molecule has 0 bridgehead atoms. The average molecular weight is 485 g/mol. The molecule has 0 aliphatic carbocycles. The summed E-state index contributed by atoms with van der Waals surface area (Å²) in [5.74, 6) is 0.412. The molecule has 1 aromatic rings. The van der Waals surface area contributed by atoms with Crippen LogP contribution in [0, 0.1) is 0 Å². The smallest absolute Gasteiger partial charge is 0.330 e. The molecule has 0 heterocycles. The molecule has 5 N–H and O–H groups in total. The highest BCUT2D eigenvalue weighted by molar-refractivity contribution is 7.88. The van der Waals surface area contributed by atoms with Gasteiger partial charge in [-0.05, 0) is 42.3 Å². The normalized spacial score (nSPS) is 11.3. The molecule has 33 heavy (non-hydrogen) atoms. The van der Waals surface area contributed by atoms with Crippen molar-refractivity contribution in [3.8, 4) is 0 Å². The first-order valence-electron chi connectivity index (χ1n) is 12.5. The molecule has 192 valence electrons. The van der Waals surface area contributed by atoms with Crippen molar-refractivity contribution in [3.63, 3.8) is 0 Å². The van der Waals surface area contributed by atoms with E-state index in [1.165, 1.54) is 25.7 Å². The second-order valence-electron chi connectivity index (χ2n) is 8.98. The first-order chi connectivity index (χ1) is 15.6. The predicted molar refractivity (Wildman–Crippen MR) is 141 cm³/mol. The Morgan fingerprint density at radius 1 is 0.879 bits per heavy atom. The minimum absolute atomic E-state index is 0.206. The summed E-state index contributed by atoms with van der Waals surface area (Å²) >= 11 is 0. The zero-order valence-corrected chi connectivity index (χ0v) is 22.5. The maximum Gasteiger partial charge on any atom is 0.333 e. The SMILES string of the molecule is CCCCCCN.CCCCCCNS(=O)(=O)NC(=O)Nc1c(C(C)C)cccc1C(C)C. The van der Waals surface area contributed by atoms with Gasteiger partial charge in [-0.2, -0.15) is 13.1 Å². The van der Waals surface area contributed by atoms with Crippen LogP contribution in [-0.4, -0.2) is 27.5 Å². The van der Waals surface area contributed by atoms with Crippen LogP contribution < -0.4 is 20.5 Å². The number of anilines is 1. The van der Waals surface area contributed by atoms with Gasteiger partial charge in [0.15, 0.2) is 0 Å². The molecular weight excluding hydrogens is 436 g/mol. The Hall–Kier alpha value is -1.64. The summed E-state index contributed by atoms with van der Waals surface area (Å²) in [7, 11) is -3.87. The lowest BCUT2D eigenvalue weighted by Gasteiger charge is -2.20. The van der Waals surface area contributed by atoms with Crippen LogP contribution >= 0.6 is 0 Å². The van der Waals surface area contributed by atoms with E-state index in [0.29, 0.717) is 12.2 Å². The highest BCUT2D eigenvalue weighted by Crippen LogP contribution is 2.32. The Morgan fingerprint density at radius 2 is 1.39 bits per heavy atom. The quantitative estimate of drug-likeness (QED) is 0.243. The molecule has 0 aliphatic heterocycles. The summed E-state index contributed by atoms with van der Waals surface area (Å²) in [6.07, 6.45) is 9.03. The molecule has 1 aromatic carbocycles. The molecule has 0 atom stereocenters. The number of hydrogen-bond acceptors (Lipinski definition) is 4. The summed E-state index contributed by atoms with van der Waals surface area (Å²) in [5.41, 5.74) is 7.92. The van der Waals surface area contributed by atoms with E-state index in [2.05, 4.69) is 23.9 Å². The van der Waals surface area contributed by atoms with Gasteiger partial charge in [-0.1, -0.05) is 98.3 Å². The number of unbranched alkanes of at least 4 members (excludes halogenated alkanes) is 6. The minimum atomic E-state index is -3.87. The van der Waals surface area contributed by atoms with Crippen LogP contribution in [0.1, 0.15) is 116 Å². The summed E-state index contributed by atoms with van der Waals surface area (Å²) in [6, 6.07) is 5.11. The van der Waals surface area contributed by atoms with Gasteiger partial charge in [0, 0.05) is 12.2 Å². The van der Waals surface area contributed by atoms with Crippen LogP contribution in [0.4, 0.5) is 10.5 Å².